The van der Waals surface area contributed by atoms with E-state index in [1.165, 1.54) is 7.11 Å². The Morgan fingerprint density at radius 2 is 1.70 bits per heavy atom. The monoisotopic (exact) mass is 332 g/mol. The quantitative estimate of drug-likeness (QED) is 0.799. The fraction of sp³-hybridized carbons (Fsp3) is 0.176. The predicted octanol–water partition coefficient (Wildman–Crippen LogP) is 2.51. The maximum absolute atomic E-state index is 12.1. The second-order valence-corrected chi connectivity index (χ2v) is 5.16. The number of carbonyl (C=O) groups is 2. The van der Waals surface area contributed by atoms with E-state index in [1.54, 1.807) is 48.5 Å². The average molecular weight is 333 g/mol. The molecule has 0 saturated carbocycles. The van der Waals surface area contributed by atoms with Crippen LogP contribution in [0.4, 0.5) is 0 Å². The van der Waals surface area contributed by atoms with Crippen LogP contribution in [-0.4, -0.2) is 32.0 Å². The van der Waals surface area contributed by atoms with E-state index in [2.05, 4.69) is 10.6 Å². The van der Waals surface area contributed by atoms with Gasteiger partial charge in [-0.1, -0.05) is 29.8 Å². The van der Waals surface area contributed by atoms with E-state index < -0.39 is 0 Å². The second kappa shape index (κ2) is 8.19. The van der Waals surface area contributed by atoms with Crippen LogP contribution in [-0.2, 0) is 0 Å². The number of hydrogen-bond acceptors (Lipinski definition) is 3. The Kier molecular flexibility index (Phi) is 6.00. The summed E-state index contributed by atoms with van der Waals surface area (Å²) in [7, 11) is 1.51. The lowest BCUT2D eigenvalue weighted by atomic mass is 10.2. The lowest BCUT2D eigenvalue weighted by Crippen LogP contribution is -2.34. The molecule has 23 heavy (non-hydrogen) atoms. The largest absolute Gasteiger partial charge is 0.496 e. The molecule has 0 unspecified atom stereocenters. The van der Waals surface area contributed by atoms with Crippen molar-refractivity contribution in [3.05, 3.63) is 64.7 Å². The predicted molar refractivity (Wildman–Crippen MR) is 89.1 cm³/mol. The third-order valence-corrected chi connectivity index (χ3v) is 3.37. The number of nitrogens with one attached hydrogen (secondary N) is 2. The highest BCUT2D eigenvalue weighted by Crippen LogP contribution is 2.16. The van der Waals surface area contributed by atoms with Gasteiger partial charge in [0.2, 0.25) is 0 Å². The van der Waals surface area contributed by atoms with Gasteiger partial charge in [0, 0.05) is 23.7 Å². The summed E-state index contributed by atoms with van der Waals surface area (Å²) in [5.74, 6) is 0.0199. The molecule has 0 fully saturated rings. The van der Waals surface area contributed by atoms with Crippen LogP contribution in [0.15, 0.2) is 48.5 Å². The normalized spacial score (nSPS) is 10.0. The van der Waals surface area contributed by atoms with Crippen molar-refractivity contribution in [1.29, 1.82) is 0 Å². The van der Waals surface area contributed by atoms with Gasteiger partial charge in [0.05, 0.1) is 12.7 Å². The molecule has 0 aromatic heterocycles. The van der Waals surface area contributed by atoms with Crippen LogP contribution < -0.4 is 15.4 Å². The fourth-order valence-electron chi connectivity index (χ4n) is 2.01. The summed E-state index contributed by atoms with van der Waals surface area (Å²) in [6.45, 7) is 0.620. The lowest BCUT2D eigenvalue weighted by molar-refractivity contribution is 0.0926. The Hall–Kier alpha value is -2.53. The third-order valence-electron chi connectivity index (χ3n) is 3.13. The van der Waals surface area contributed by atoms with Crippen molar-refractivity contribution in [1.82, 2.24) is 10.6 Å². The van der Waals surface area contributed by atoms with Crippen molar-refractivity contribution < 1.29 is 14.3 Å². The van der Waals surface area contributed by atoms with E-state index in [0.29, 0.717) is 35.0 Å². The fourth-order valence-corrected chi connectivity index (χ4v) is 2.20. The minimum atomic E-state index is -0.251. The van der Waals surface area contributed by atoms with Crippen molar-refractivity contribution in [2.45, 2.75) is 0 Å². The first-order valence-electron chi connectivity index (χ1n) is 7.07. The zero-order valence-corrected chi connectivity index (χ0v) is 13.4. The number of ether oxygens (including phenoxy) is 1. The Labute approximate surface area is 139 Å². The summed E-state index contributed by atoms with van der Waals surface area (Å²) >= 11 is 5.84. The van der Waals surface area contributed by atoms with Gasteiger partial charge in [-0.3, -0.25) is 9.59 Å². The number of methoxy groups -OCH3 is 1. The van der Waals surface area contributed by atoms with E-state index in [1.807, 2.05) is 0 Å². The molecule has 0 aliphatic carbocycles. The Balaban J connectivity index is 1.81. The number of halogens is 1. The molecule has 0 spiro atoms. The third kappa shape index (κ3) is 4.72. The van der Waals surface area contributed by atoms with Crippen LogP contribution in [0.5, 0.6) is 5.75 Å². The van der Waals surface area contributed by atoms with Crippen molar-refractivity contribution in [2.24, 2.45) is 0 Å². The van der Waals surface area contributed by atoms with Gasteiger partial charge in [-0.2, -0.15) is 0 Å². The summed E-state index contributed by atoms with van der Waals surface area (Å²) in [4.78, 5) is 24.0. The van der Waals surface area contributed by atoms with Gasteiger partial charge >= 0.3 is 0 Å². The second-order valence-electron chi connectivity index (χ2n) is 4.72. The molecule has 120 valence electrons. The number of benzene rings is 2. The van der Waals surface area contributed by atoms with Crippen LogP contribution in [0.2, 0.25) is 5.02 Å². The van der Waals surface area contributed by atoms with Crippen LogP contribution in [0.25, 0.3) is 0 Å². The topological polar surface area (TPSA) is 67.4 Å². The number of amides is 2. The molecular weight excluding hydrogens is 316 g/mol. The van der Waals surface area contributed by atoms with Crippen molar-refractivity contribution in [3.63, 3.8) is 0 Å². The molecule has 0 saturated heterocycles. The molecule has 0 aliphatic heterocycles. The summed E-state index contributed by atoms with van der Waals surface area (Å²) < 4.78 is 5.14. The molecule has 0 heterocycles. The molecule has 2 amide bonds. The standard InChI is InChI=1S/C17H17ClN2O3/c1-23-15-8-3-2-7-14(15)17(22)20-10-9-19-16(21)12-5-4-6-13(18)11-12/h2-8,11H,9-10H2,1H3,(H,19,21)(H,20,22). The van der Waals surface area contributed by atoms with Crippen molar-refractivity contribution >= 4 is 23.4 Å². The zero-order chi connectivity index (χ0) is 16.7. The molecule has 0 radical (unpaired) electrons. The average Bonchev–Trinajstić information content (AvgIpc) is 2.58. The smallest absolute Gasteiger partial charge is 0.255 e. The SMILES string of the molecule is COc1ccccc1C(=O)NCCNC(=O)c1cccc(Cl)c1. The Morgan fingerprint density at radius 3 is 2.39 bits per heavy atom. The van der Waals surface area contributed by atoms with Gasteiger partial charge in [0.25, 0.3) is 11.8 Å². The van der Waals surface area contributed by atoms with Crippen LogP contribution in [0.3, 0.4) is 0 Å². The van der Waals surface area contributed by atoms with Crippen LogP contribution >= 0.6 is 11.6 Å². The first-order valence-corrected chi connectivity index (χ1v) is 7.44. The first-order chi connectivity index (χ1) is 11.1. The van der Waals surface area contributed by atoms with Crippen molar-refractivity contribution in [2.75, 3.05) is 20.2 Å². The first kappa shape index (κ1) is 16.8. The van der Waals surface area contributed by atoms with Crippen LogP contribution in [0.1, 0.15) is 20.7 Å². The lowest BCUT2D eigenvalue weighted by Gasteiger charge is -2.10. The molecule has 2 rings (SSSR count). The van der Waals surface area contributed by atoms with Gasteiger partial charge < -0.3 is 15.4 Å². The minimum absolute atomic E-state index is 0.237. The number of carbonyl (C=O) groups excluding carboxylic acids is 2. The molecule has 2 aromatic carbocycles. The maximum Gasteiger partial charge on any atom is 0.255 e. The van der Waals surface area contributed by atoms with E-state index in [4.69, 9.17) is 16.3 Å². The van der Waals surface area contributed by atoms with E-state index in [0.717, 1.165) is 0 Å². The van der Waals surface area contributed by atoms with Crippen LogP contribution in [0, 0.1) is 0 Å². The highest BCUT2D eigenvalue weighted by Gasteiger charge is 2.11. The number of hydrogen-bond donors (Lipinski definition) is 2. The molecule has 6 heteroatoms. The zero-order valence-electron chi connectivity index (χ0n) is 12.6. The summed E-state index contributed by atoms with van der Waals surface area (Å²) in [5, 5.41) is 5.95. The molecule has 0 bridgehead atoms. The van der Waals surface area contributed by atoms with Gasteiger partial charge in [0.1, 0.15) is 5.75 Å². The molecular formula is C17H17ClN2O3. The molecule has 2 N–H and O–H groups in total. The molecule has 0 atom stereocenters. The molecule has 2 aromatic rings. The van der Waals surface area contributed by atoms with E-state index in [9.17, 15) is 9.59 Å². The Bertz CT molecular complexity index is 704. The summed E-state index contributed by atoms with van der Waals surface area (Å²) in [5.41, 5.74) is 0.935. The number of para-hydroxylation sites is 1. The molecule has 0 aliphatic rings. The number of rotatable bonds is 6. The highest BCUT2D eigenvalue weighted by molar-refractivity contribution is 6.30. The summed E-state index contributed by atoms with van der Waals surface area (Å²) in [6, 6.07) is 13.6. The van der Waals surface area contributed by atoms with Gasteiger partial charge in [0.15, 0.2) is 0 Å². The van der Waals surface area contributed by atoms with Gasteiger partial charge in [-0.05, 0) is 30.3 Å². The van der Waals surface area contributed by atoms with Gasteiger partial charge in [-0.25, -0.2) is 0 Å². The minimum Gasteiger partial charge on any atom is -0.496 e. The van der Waals surface area contributed by atoms with Gasteiger partial charge in [-0.15, -0.1) is 0 Å². The molecule has 5 nitrogen and oxygen atoms in total. The Morgan fingerprint density at radius 1 is 1.00 bits per heavy atom. The van der Waals surface area contributed by atoms with Crippen molar-refractivity contribution in [3.8, 4) is 5.75 Å². The van der Waals surface area contributed by atoms with E-state index >= 15 is 0 Å². The maximum atomic E-state index is 12.1. The van der Waals surface area contributed by atoms with E-state index in [-0.39, 0.29) is 11.8 Å². The summed E-state index contributed by atoms with van der Waals surface area (Å²) in [6.07, 6.45) is 0. The highest BCUT2D eigenvalue weighted by atomic mass is 35.5.